The second kappa shape index (κ2) is 7.62. The van der Waals surface area contributed by atoms with E-state index in [2.05, 4.69) is 16.4 Å². The number of carbonyl (C=O) groups excluding carboxylic acids is 1. The Hall–Kier alpha value is -1.84. The maximum atomic E-state index is 12.3. The zero-order valence-electron chi connectivity index (χ0n) is 13.3. The van der Waals surface area contributed by atoms with E-state index in [0.717, 1.165) is 23.1 Å². The van der Waals surface area contributed by atoms with Gasteiger partial charge >= 0.3 is 6.03 Å². The van der Waals surface area contributed by atoms with Gasteiger partial charge < -0.3 is 4.90 Å². The Morgan fingerprint density at radius 2 is 2.30 bits per heavy atom. The zero-order valence-corrected chi connectivity index (χ0v) is 14.9. The van der Waals surface area contributed by atoms with Gasteiger partial charge in [-0.15, -0.1) is 11.6 Å². The Balaban J connectivity index is 2.06. The molecule has 5 nitrogen and oxygen atoms in total. The van der Waals surface area contributed by atoms with Gasteiger partial charge in [0.15, 0.2) is 5.13 Å². The van der Waals surface area contributed by atoms with E-state index in [1.807, 2.05) is 13.8 Å². The molecule has 2 unspecified atom stereocenters. The number of hydrogen-bond donors (Lipinski definition) is 1. The number of hydrogen-bond acceptors (Lipinski definition) is 4. The Morgan fingerprint density at radius 1 is 1.57 bits per heavy atom. The molecule has 0 saturated heterocycles. The molecule has 0 spiro atoms. The molecule has 1 heterocycles. The molecular formula is C16H19ClN4OS. The quantitative estimate of drug-likeness (QED) is 0.811. The summed E-state index contributed by atoms with van der Waals surface area (Å²) in [6.07, 6.45) is 1.62. The van der Waals surface area contributed by atoms with Gasteiger partial charge in [-0.3, -0.25) is 5.32 Å². The summed E-state index contributed by atoms with van der Waals surface area (Å²) in [6.45, 7) is 4.00. The maximum Gasteiger partial charge on any atom is 0.323 e. The number of nitrogens with one attached hydrogen (secondary N) is 1. The van der Waals surface area contributed by atoms with Gasteiger partial charge in [0.05, 0.1) is 21.8 Å². The topological polar surface area (TPSA) is 69.0 Å². The van der Waals surface area contributed by atoms with Gasteiger partial charge in [0.1, 0.15) is 0 Å². The van der Waals surface area contributed by atoms with Crippen LogP contribution in [0, 0.1) is 11.3 Å². The van der Waals surface area contributed by atoms with Crippen molar-refractivity contribution >= 4 is 44.3 Å². The first-order chi connectivity index (χ1) is 10.9. The molecule has 23 heavy (non-hydrogen) atoms. The number of thiazole rings is 1. The lowest BCUT2D eigenvalue weighted by molar-refractivity contribution is 0.204. The van der Waals surface area contributed by atoms with Crippen LogP contribution in [0.5, 0.6) is 0 Å². The van der Waals surface area contributed by atoms with Gasteiger partial charge in [0, 0.05) is 18.5 Å². The van der Waals surface area contributed by atoms with Crippen molar-refractivity contribution in [3.8, 4) is 6.07 Å². The van der Waals surface area contributed by atoms with Crippen LogP contribution < -0.4 is 5.32 Å². The molecule has 2 rings (SSSR count). The van der Waals surface area contributed by atoms with E-state index in [1.165, 1.54) is 11.3 Å². The Labute approximate surface area is 144 Å². The molecule has 0 saturated carbocycles. The van der Waals surface area contributed by atoms with E-state index < -0.39 is 0 Å². The van der Waals surface area contributed by atoms with Crippen LogP contribution in [0.4, 0.5) is 9.93 Å². The standard InChI is InChI=1S/C16H19ClN4OS/c1-4-12(17)7-10(2)21(3)16(22)20-15-19-13-6-5-11(9-18)8-14(13)23-15/h5-6,8,10,12H,4,7H2,1-3H3,(H,19,20,22). The number of amides is 2. The molecule has 0 aliphatic heterocycles. The zero-order chi connectivity index (χ0) is 17.0. The number of alkyl halides is 1. The highest BCUT2D eigenvalue weighted by Crippen LogP contribution is 2.27. The summed E-state index contributed by atoms with van der Waals surface area (Å²) in [7, 11) is 1.75. The third-order valence-corrected chi connectivity index (χ3v) is 5.17. The number of nitriles is 1. The predicted molar refractivity (Wildman–Crippen MR) is 95.1 cm³/mol. The fourth-order valence-corrected chi connectivity index (χ4v) is 3.28. The van der Waals surface area contributed by atoms with E-state index in [4.69, 9.17) is 16.9 Å². The second-order valence-electron chi connectivity index (χ2n) is 5.44. The van der Waals surface area contributed by atoms with E-state index >= 15 is 0 Å². The lowest BCUT2D eigenvalue weighted by Gasteiger charge is -2.26. The molecule has 7 heteroatoms. The lowest BCUT2D eigenvalue weighted by Crippen LogP contribution is -2.39. The van der Waals surface area contributed by atoms with Crippen LogP contribution in [0.3, 0.4) is 0 Å². The van der Waals surface area contributed by atoms with E-state index in [-0.39, 0.29) is 17.5 Å². The summed E-state index contributed by atoms with van der Waals surface area (Å²) in [5, 5.41) is 12.3. The number of urea groups is 1. The smallest absolute Gasteiger partial charge is 0.323 e. The van der Waals surface area contributed by atoms with Crippen LogP contribution in [-0.2, 0) is 0 Å². The number of fused-ring (bicyclic) bond motifs is 1. The first-order valence-corrected chi connectivity index (χ1v) is 8.68. The highest BCUT2D eigenvalue weighted by molar-refractivity contribution is 7.22. The largest absolute Gasteiger partial charge is 0.325 e. The summed E-state index contributed by atoms with van der Waals surface area (Å²) in [5.74, 6) is 0. The van der Waals surface area contributed by atoms with Gasteiger partial charge in [-0.2, -0.15) is 5.26 Å². The molecular weight excluding hydrogens is 332 g/mol. The van der Waals surface area contributed by atoms with Crippen molar-refractivity contribution < 1.29 is 4.79 Å². The number of benzene rings is 1. The molecule has 0 fully saturated rings. The highest BCUT2D eigenvalue weighted by Gasteiger charge is 2.19. The Morgan fingerprint density at radius 3 is 2.96 bits per heavy atom. The number of aromatic nitrogens is 1. The van der Waals surface area contributed by atoms with Crippen molar-refractivity contribution in [3.63, 3.8) is 0 Å². The van der Waals surface area contributed by atoms with Crippen molar-refractivity contribution in [3.05, 3.63) is 23.8 Å². The predicted octanol–water partition coefficient (Wildman–Crippen LogP) is 4.43. The van der Waals surface area contributed by atoms with Gasteiger partial charge in [-0.1, -0.05) is 18.3 Å². The summed E-state index contributed by atoms with van der Waals surface area (Å²) in [4.78, 5) is 18.3. The molecule has 0 aliphatic rings. The minimum Gasteiger partial charge on any atom is -0.325 e. The second-order valence-corrected chi connectivity index (χ2v) is 7.09. The van der Waals surface area contributed by atoms with Gasteiger partial charge in [0.2, 0.25) is 0 Å². The van der Waals surface area contributed by atoms with Gasteiger partial charge in [-0.05, 0) is 38.0 Å². The van der Waals surface area contributed by atoms with Crippen LogP contribution in [0.2, 0.25) is 0 Å². The third kappa shape index (κ3) is 4.34. The van der Waals surface area contributed by atoms with Crippen LogP contribution in [-0.4, -0.2) is 34.4 Å². The number of rotatable bonds is 5. The Kier molecular flexibility index (Phi) is 5.80. The first-order valence-electron chi connectivity index (χ1n) is 7.43. The SMILES string of the molecule is CCC(Cl)CC(C)N(C)C(=O)Nc1nc2ccc(C#N)cc2s1. The molecule has 2 amide bonds. The third-order valence-electron chi connectivity index (χ3n) is 3.75. The van der Waals surface area contributed by atoms with Crippen LogP contribution in [0.25, 0.3) is 10.2 Å². The van der Waals surface area contributed by atoms with E-state index in [9.17, 15) is 4.79 Å². The number of carbonyl (C=O) groups is 1. The molecule has 2 atom stereocenters. The molecule has 2 aromatic rings. The van der Waals surface area contributed by atoms with Crippen molar-refractivity contribution in [1.29, 1.82) is 5.26 Å². The Bertz CT molecular complexity index is 739. The molecule has 0 bridgehead atoms. The first kappa shape index (κ1) is 17.5. The number of anilines is 1. The minimum absolute atomic E-state index is 0.0389. The van der Waals surface area contributed by atoms with Gasteiger partial charge in [0.25, 0.3) is 0 Å². The van der Waals surface area contributed by atoms with Crippen molar-refractivity contribution in [2.45, 2.75) is 38.1 Å². The van der Waals surface area contributed by atoms with E-state index in [0.29, 0.717) is 10.7 Å². The molecule has 1 aromatic heterocycles. The number of nitrogens with zero attached hydrogens (tertiary/aromatic N) is 3. The fraction of sp³-hybridized carbons (Fsp3) is 0.438. The average Bonchev–Trinajstić information content (AvgIpc) is 2.94. The van der Waals surface area contributed by atoms with Crippen LogP contribution >= 0.6 is 22.9 Å². The molecule has 0 aliphatic carbocycles. The fourth-order valence-electron chi connectivity index (χ4n) is 2.12. The van der Waals surface area contributed by atoms with Crippen LogP contribution in [0.1, 0.15) is 32.3 Å². The maximum absolute atomic E-state index is 12.3. The molecule has 1 aromatic carbocycles. The molecule has 122 valence electrons. The monoisotopic (exact) mass is 350 g/mol. The van der Waals surface area contributed by atoms with Crippen LogP contribution in [0.15, 0.2) is 18.2 Å². The lowest BCUT2D eigenvalue weighted by atomic mass is 10.1. The highest BCUT2D eigenvalue weighted by atomic mass is 35.5. The van der Waals surface area contributed by atoms with Crippen molar-refractivity contribution in [1.82, 2.24) is 9.88 Å². The summed E-state index contributed by atoms with van der Waals surface area (Å²) in [5.41, 5.74) is 1.35. The van der Waals surface area contributed by atoms with Crippen molar-refractivity contribution in [2.75, 3.05) is 12.4 Å². The van der Waals surface area contributed by atoms with E-state index in [1.54, 1.807) is 30.1 Å². The molecule has 0 radical (unpaired) electrons. The normalized spacial score (nSPS) is 13.3. The van der Waals surface area contributed by atoms with Crippen molar-refractivity contribution in [2.24, 2.45) is 0 Å². The summed E-state index contributed by atoms with van der Waals surface area (Å²) < 4.78 is 0.877. The summed E-state index contributed by atoms with van der Waals surface area (Å²) >= 11 is 7.51. The minimum atomic E-state index is -0.211. The number of halogens is 1. The average molecular weight is 351 g/mol. The molecule has 1 N–H and O–H groups in total. The summed E-state index contributed by atoms with van der Waals surface area (Å²) in [6, 6.07) is 7.20. The van der Waals surface area contributed by atoms with Gasteiger partial charge in [-0.25, -0.2) is 9.78 Å².